The van der Waals surface area contributed by atoms with Crippen molar-refractivity contribution < 1.29 is 9.21 Å². The third-order valence-electron chi connectivity index (χ3n) is 5.27. The molecule has 7 heteroatoms. The zero-order chi connectivity index (χ0) is 19.3. The Morgan fingerprint density at radius 1 is 1.14 bits per heavy atom. The van der Waals surface area contributed by atoms with Crippen LogP contribution in [0.5, 0.6) is 0 Å². The van der Waals surface area contributed by atoms with Gasteiger partial charge in [0.15, 0.2) is 5.58 Å². The number of nitrogens with one attached hydrogen (secondary N) is 1. The van der Waals surface area contributed by atoms with Gasteiger partial charge in [-0.25, -0.2) is 4.79 Å². The molecule has 1 saturated heterocycles. The summed E-state index contributed by atoms with van der Waals surface area (Å²) >= 11 is 0. The number of aromatic nitrogens is 2. The average molecular weight is 380 g/mol. The van der Waals surface area contributed by atoms with Gasteiger partial charge in [-0.3, -0.25) is 19.2 Å². The van der Waals surface area contributed by atoms with Crippen molar-refractivity contribution >= 4 is 17.0 Å². The molecule has 4 rings (SSSR count). The van der Waals surface area contributed by atoms with E-state index in [2.05, 4.69) is 15.2 Å². The molecule has 0 spiro atoms. The first-order valence-electron chi connectivity index (χ1n) is 9.71. The minimum atomic E-state index is -0.517. The fourth-order valence-corrected chi connectivity index (χ4v) is 3.83. The minimum Gasteiger partial charge on any atom is -0.408 e. The number of amides is 1. The Morgan fingerprint density at radius 3 is 2.75 bits per heavy atom. The highest BCUT2D eigenvalue weighted by atomic mass is 16.4. The lowest BCUT2D eigenvalue weighted by Gasteiger charge is -2.34. The van der Waals surface area contributed by atoms with Crippen LogP contribution in [0.15, 0.2) is 58.0 Å². The van der Waals surface area contributed by atoms with Gasteiger partial charge in [-0.05, 0) is 49.7 Å². The molecule has 0 radical (unpaired) electrons. The third-order valence-corrected chi connectivity index (χ3v) is 5.27. The van der Waals surface area contributed by atoms with Crippen molar-refractivity contribution in [2.75, 3.05) is 19.6 Å². The van der Waals surface area contributed by atoms with E-state index >= 15 is 0 Å². The number of likely N-dealkylation sites (tertiary alicyclic amines) is 1. The van der Waals surface area contributed by atoms with Crippen molar-refractivity contribution in [3.63, 3.8) is 0 Å². The first kappa shape index (κ1) is 18.4. The third kappa shape index (κ3) is 3.99. The molecule has 1 aliphatic rings. The van der Waals surface area contributed by atoms with Crippen molar-refractivity contribution in [2.45, 2.75) is 31.8 Å². The van der Waals surface area contributed by atoms with Crippen LogP contribution in [0.3, 0.4) is 0 Å². The highest BCUT2D eigenvalue weighted by molar-refractivity contribution is 5.79. The van der Waals surface area contributed by atoms with E-state index in [9.17, 15) is 9.59 Å². The molecule has 3 heterocycles. The second kappa shape index (κ2) is 8.39. The average Bonchev–Trinajstić information content (AvgIpc) is 3.05. The molecule has 3 aromatic rings. The van der Waals surface area contributed by atoms with E-state index in [1.807, 2.05) is 24.4 Å². The predicted molar refractivity (Wildman–Crippen MR) is 106 cm³/mol. The molecular formula is C21H24N4O3. The molecule has 146 valence electrons. The number of oxazole rings is 1. The predicted octanol–water partition coefficient (Wildman–Crippen LogP) is 2.33. The van der Waals surface area contributed by atoms with E-state index in [1.165, 1.54) is 23.8 Å². The number of fused-ring (bicyclic) bond motifs is 1. The Hall–Kier alpha value is -2.93. The summed E-state index contributed by atoms with van der Waals surface area (Å²) in [6.07, 6.45) is 7.20. The van der Waals surface area contributed by atoms with Crippen LogP contribution in [-0.2, 0) is 11.3 Å². The first-order chi connectivity index (χ1) is 13.7. The molecule has 7 nitrogen and oxygen atoms in total. The quantitative estimate of drug-likeness (QED) is 0.710. The van der Waals surface area contributed by atoms with Crippen LogP contribution in [0.2, 0.25) is 0 Å². The Labute approximate surface area is 163 Å². The van der Waals surface area contributed by atoms with Crippen LogP contribution < -0.4 is 11.1 Å². The first-order valence-corrected chi connectivity index (χ1v) is 9.71. The number of rotatable bonds is 6. The fourth-order valence-electron chi connectivity index (χ4n) is 3.83. The lowest BCUT2D eigenvalue weighted by Crippen LogP contribution is -2.41. The summed E-state index contributed by atoms with van der Waals surface area (Å²) in [5.74, 6) is -0.726. The molecule has 1 aromatic carbocycles. The Kier molecular flexibility index (Phi) is 5.53. The Bertz CT molecular complexity index is 990. The van der Waals surface area contributed by atoms with Crippen molar-refractivity contribution in [1.82, 2.24) is 19.8 Å². The van der Waals surface area contributed by atoms with Crippen LogP contribution in [0.4, 0.5) is 0 Å². The summed E-state index contributed by atoms with van der Waals surface area (Å²) in [4.78, 5) is 31.3. The van der Waals surface area contributed by atoms with E-state index < -0.39 is 5.76 Å². The monoisotopic (exact) mass is 380 g/mol. The number of carbonyl (C=O) groups is 1. The smallest absolute Gasteiger partial charge is 0.408 e. The Morgan fingerprint density at radius 2 is 1.96 bits per heavy atom. The zero-order valence-electron chi connectivity index (χ0n) is 15.7. The summed E-state index contributed by atoms with van der Waals surface area (Å²) in [6.45, 7) is 2.45. The van der Waals surface area contributed by atoms with Crippen molar-refractivity contribution in [3.05, 3.63) is 64.9 Å². The maximum atomic E-state index is 12.6. The molecule has 1 N–H and O–H groups in total. The standard InChI is InChI=1S/C21H24N4O3/c26-20(15-25-17-8-2-3-9-19(17)28-21(25)27)23-14-18(16-7-6-10-22-13-16)24-11-4-1-5-12-24/h2-3,6-10,13,18H,1,4-5,11-12,14-15H2,(H,23,26). The number of nitrogens with zero attached hydrogens (tertiary/aromatic N) is 3. The topological polar surface area (TPSA) is 80.4 Å². The molecule has 0 saturated carbocycles. The van der Waals surface area contributed by atoms with Crippen molar-refractivity contribution in [1.29, 1.82) is 0 Å². The van der Waals surface area contributed by atoms with Gasteiger partial charge in [-0.15, -0.1) is 0 Å². The molecule has 28 heavy (non-hydrogen) atoms. The summed E-state index contributed by atoms with van der Waals surface area (Å²) in [5.41, 5.74) is 2.21. The van der Waals surface area contributed by atoms with Gasteiger partial charge in [0, 0.05) is 18.9 Å². The van der Waals surface area contributed by atoms with E-state index in [4.69, 9.17) is 4.42 Å². The maximum Gasteiger partial charge on any atom is 0.420 e. The van der Waals surface area contributed by atoms with Gasteiger partial charge >= 0.3 is 5.76 Å². The number of para-hydroxylation sites is 2. The number of benzene rings is 1. The van der Waals surface area contributed by atoms with Crippen LogP contribution in [0, 0.1) is 0 Å². The van der Waals surface area contributed by atoms with Crippen molar-refractivity contribution in [2.24, 2.45) is 0 Å². The second-order valence-corrected chi connectivity index (χ2v) is 7.12. The van der Waals surface area contributed by atoms with Gasteiger partial charge in [-0.2, -0.15) is 0 Å². The van der Waals surface area contributed by atoms with Crippen LogP contribution >= 0.6 is 0 Å². The summed E-state index contributed by atoms with van der Waals surface area (Å²) in [7, 11) is 0. The molecule has 1 atom stereocenters. The number of piperidine rings is 1. The van der Waals surface area contributed by atoms with Gasteiger partial charge in [-0.1, -0.05) is 24.6 Å². The number of pyridine rings is 1. The molecule has 0 bridgehead atoms. The van der Waals surface area contributed by atoms with E-state index in [1.54, 1.807) is 24.4 Å². The highest BCUT2D eigenvalue weighted by Crippen LogP contribution is 2.23. The SMILES string of the molecule is O=C(Cn1c(=O)oc2ccccc21)NCC(c1cccnc1)N1CCCCC1. The Balaban J connectivity index is 1.46. The molecule has 0 aliphatic carbocycles. The molecule has 1 amide bonds. The molecular weight excluding hydrogens is 356 g/mol. The van der Waals surface area contributed by atoms with Gasteiger partial charge in [0.1, 0.15) is 6.54 Å². The molecule has 1 fully saturated rings. The van der Waals surface area contributed by atoms with Crippen LogP contribution in [0.1, 0.15) is 30.9 Å². The van der Waals surface area contributed by atoms with Crippen molar-refractivity contribution in [3.8, 4) is 0 Å². The lowest BCUT2D eigenvalue weighted by molar-refractivity contribution is -0.122. The lowest BCUT2D eigenvalue weighted by atomic mass is 10.0. The number of hydrogen-bond donors (Lipinski definition) is 1. The van der Waals surface area contributed by atoms with E-state index in [0.29, 0.717) is 17.6 Å². The van der Waals surface area contributed by atoms with Gasteiger partial charge in [0.2, 0.25) is 5.91 Å². The number of hydrogen-bond acceptors (Lipinski definition) is 5. The number of carbonyl (C=O) groups excluding carboxylic acids is 1. The van der Waals surface area contributed by atoms with Gasteiger partial charge in [0.05, 0.1) is 11.6 Å². The zero-order valence-corrected chi connectivity index (χ0v) is 15.7. The second-order valence-electron chi connectivity index (χ2n) is 7.12. The molecule has 1 aliphatic heterocycles. The normalized spacial score (nSPS) is 16.1. The van der Waals surface area contributed by atoms with E-state index in [-0.39, 0.29) is 18.5 Å². The minimum absolute atomic E-state index is 0.0599. The van der Waals surface area contributed by atoms with Crippen LogP contribution in [0.25, 0.3) is 11.1 Å². The molecule has 1 unspecified atom stereocenters. The van der Waals surface area contributed by atoms with Gasteiger partial charge < -0.3 is 9.73 Å². The van der Waals surface area contributed by atoms with Gasteiger partial charge in [0.25, 0.3) is 0 Å². The summed E-state index contributed by atoms with van der Waals surface area (Å²) in [5, 5.41) is 3.00. The van der Waals surface area contributed by atoms with E-state index in [0.717, 1.165) is 18.7 Å². The summed E-state index contributed by atoms with van der Waals surface area (Å²) < 4.78 is 6.57. The van der Waals surface area contributed by atoms with Crippen LogP contribution in [-0.4, -0.2) is 40.0 Å². The fraction of sp³-hybridized carbons (Fsp3) is 0.381. The molecule has 2 aromatic heterocycles. The highest BCUT2D eigenvalue weighted by Gasteiger charge is 2.23. The summed E-state index contributed by atoms with van der Waals surface area (Å²) in [6, 6.07) is 11.2. The largest absolute Gasteiger partial charge is 0.420 e. The maximum absolute atomic E-state index is 12.6.